The highest BCUT2D eigenvalue weighted by atomic mass is 19.1. The summed E-state index contributed by atoms with van der Waals surface area (Å²) in [6, 6.07) is 21.8. The number of pyridine rings is 1. The first-order valence-electron chi connectivity index (χ1n) is 7.30. The molecule has 4 aromatic rings. The van der Waals surface area contributed by atoms with Gasteiger partial charge in [0.1, 0.15) is 12.9 Å². The first-order valence-corrected chi connectivity index (χ1v) is 7.30. The van der Waals surface area contributed by atoms with E-state index in [0.717, 1.165) is 22.0 Å². The van der Waals surface area contributed by atoms with Crippen molar-refractivity contribution in [1.29, 1.82) is 0 Å². The van der Waals surface area contributed by atoms with Gasteiger partial charge in [-0.15, -0.1) is 0 Å². The minimum Gasteiger partial charge on any atom is -0.207 e. The van der Waals surface area contributed by atoms with Crippen LogP contribution < -0.4 is 4.57 Å². The molecule has 0 bridgehead atoms. The molecule has 0 aliphatic carbocycles. The number of hydrogen-bond acceptors (Lipinski definition) is 0. The summed E-state index contributed by atoms with van der Waals surface area (Å²) in [4.78, 5) is 0. The van der Waals surface area contributed by atoms with Crippen molar-refractivity contribution in [3.63, 3.8) is 0 Å². The fourth-order valence-corrected chi connectivity index (χ4v) is 3.08. The average Bonchev–Trinajstić information content (AvgIpc) is 2.55. The molecule has 0 amide bonds. The van der Waals surface area contributed by atoms with E-state index in [1.807, 2.05) is 35.9 Å². The van der Waals surface area contributed by atoms with Crippen LogP contribution in [0.5, 0.6) is 0 Å². The number of benzene rings is 3. The number of halogens is 1. The third-order valence-corrected chi connectivity index (χ3v) is 4.14. The molecule has 106 valence electrons. The molecule has 0 spiro atoms. The van der Waals surface area contributed by atoms with Crippen molar-refractivity contribution in [1.82, 2.24) is 0 Å². The smallest absolute Gasteiger partial charge is 0.207 e. The molecule has 0 atom stereocenters. The van der Waals surface area contributed by atoms with E-state index >= 15 is 0 Å². The molecule has 0 unspecified atom stereocenters. The summed E-state index contributed by atoms with van der Waals surface area (Å²) in [6.45, 7) is 0. The summed E-state index contributed by atoms with van der Waals surface area (Å²) in [5.74, 6) is -0.217. The van der Waals surface area contributed by atoms with Crippen LogP contribution in [0.3, 0.4) is 0 Å². The van der Waals surface area contributed by atoms with Crippen LogP contribution in [0.1, 0.15) is 0 Å². The maximum absolute atomic E-state index is 13.8. The van der Waals surface area contributed by atoms with E-state index in [2.05, 4.69) is 30.3 Å². The Morgan fingerprint density at radius 3 is 2.00 bits per heavy atom. The van der Waals surface area contributed by atoms with Gasteiger partial charge in [-0.1, -0.05) is 48.5 Å². The van der Waals surface area contributed by atoms with Gasteiger partial charge in [-0.25, -0.2) is 8.96 Å². The predicted molar refractivity (Wildman–Crippen MR) is 88.0 cm³/mol. The maximum atomic E-state index is 13.8. The zero-order valence-electron chi connectivity index (χ0n) is 12.3. The van der Waals surface area contributed by atoms with Crippen molar-refractivity contribution in [2.75, 3.05) is 0 Å². The zero-order valence-corrected chi connectivity index (χ0v) is 12.3. The first kappa shape index (κ1) is 13.0. The molecule has 2 heteroatoms. The maximum Gasteiger partial charge on any atom is 0.216 e. The SMILES string of the molecule is C[n+]1ccc(F)cc1-c1c2ccccc2cc2ccccc12. The van der Waals surface area contributed by atoms with E-state index in [-0.39, 0.29) is 5.82 Å². The quantitative estimate of drug-likeness (QED) is 0.355. The van der Waals surface area contributed by atoms with Gasteiger partial charge in [-0.3, -0.25) is 0 Å². The molecule has 0 aliphatic rings. The topological polar surface area (TPSA) is 3.88 Å². The average molecular weight is 288 g/mol. The van der Waals surface area contributed by atoms with Gasteiger partial charge in [0.05, 0.1) is 5.56 Å². The van der Waals surface area contributed by atoms with Gasteiger partial charge in [0.15, 0.2) is 6.20 Å². The Morgan fingerprint density at radius 1 is 0.773 bits per heavy atom. The third-order valence-electron chi connectivity index (χ3n) is 4.14. The number of hydrogen-bond donors (Lipinski definition) is 0. The van der Waals surface area contributed by atoms with Crippen LogP contribution in [0.4, 0.5) is 4.39 Å². The lowest BCUT2D eigenvalue weighted by Crippen LogP contribution is -2.30. The van der Waals surface area contributed by atoms with Crippen molar-refractivity contribution >= 4 is 21.5 Å². The summed E-state index contributed by atoms with van der Waals surface area (Å²) in [7, 11) is 1.95. The molecule has 1 aromatic heterocycles. The van der Waals surface area contributed by atoms with Crippen LogP contribution in [0, 0.1) is 5.82 Å². The summed E-state index contributed by atoms with van der Waals surface area (Å²) >= 11 is 0. The Labute approximate surface area is 128 Å². The molecule has 0 aliphatic heterocycles. The number of fused-ring (bicyclic) bond motifs is 2. The van der Waals surface area contributed by atoms with Gasteiger partial charge in [0, 0.05) is 12.1 Å². The van der Waals surface area contributed by atoms with Gasteiger partial charge in [-0.05, 0) is 27.6 Å². The third kappa shape index (κ3) is 1.96. The molecule has 3 aromatic carbocycles. The second-order valence-corrected chi connectivity index (χ2v) is 5.53. The molecule has 1 heterocycles. The Hall–Kier alpha value is -2.74. The highest BCUT2D eigenvalue weighted by molar-refractivity contribution is 6.11. The lowest BCUT2D eigenvalue weighted by Gasteiger charge is -2.10. The second kappa shape index (κ2) is 4.92. The number of nitrogens with zero attached hydrogens (tertiary/aromatic N) is 1. The number of rotatable bonds is 1. The van der Waals surface area contributed by atoms with Crippen LogP contribution in [-0.4, -0.2) is 0 Å². The number of aryl methyl sites for hydroxylation is 1. The summed E-state index contributed by atoms with van der Waals surface area (Å²) < 4.78 is 15.8. The van der Waals surface area contributed by atoms with Crippen LogP contribution in [0.2, 0.25) is 0 Å². The lowest BCUT2D eigenvalue weighted by atomic mass is 9.94. The zero-order chi connectivity index (χ0) is 15.1. The Kier molecular flexibility index (Phi) is 2.90. The summed E-state index contributed by atoms with van der Waals surface area (Å²) in [5, 5.41) is 4.62. The number of aromatic nitrogens is 1. The fourth-order valence-electron chi connectivity index (χ4n) is 3.08. The minimum absolute atomic E-state index is 0.217. The molecule has 0 fully saturated rings. The van der Waals surface area contributed by atoms with Crippen LogP contribution in [-0.2, 0) is 7.05 Å². The molecule has 22 heavy (non-hydrogen) atoms. The van der Waals surface area contributed by atoms with E-state index < -0.39 is 0 Å². The standard InChI is InChI=1S/C20H15FN/c1-22-11-10-16(21)13-19(22)20-17-8-4-2-6-14(17)12-15-7-3-5-9-18(15)20/h2-13H,1H3/q+1. The molecule has 1 nitrogen and oxygen atoms in total. The second-order valence-electron chi connectivity index (χ2n) is 5.53. The first-order chi connectivity index (χ1) is 10.7. The van der Waals surface area contributed by atoms with Gasteiger partial charge < -0.3 is 0 Å². The largest absolute Gasteiger partial charge is 0.216 e. The van der Waals surface area contributed by atoms with Gasteiger partial charge in [-0.2, -0.15) is 0 Å². The summed E-state index contributed by atoms with van der Waals surface area (Å²) in [6.07, 6.45) is 1.77. The van der Waals surface area contributed by atoms with E-state index in [1.165, 1.54) is 16.8 Å². The predicted octanol–water partition coefficient (Wildman–Crippen LogP) is 4.62. The van der Waals surface area contributed by atoms with Gasteiger partial charge >= 0.3 is 0 Å². The minimum atomic E-state index is -0.217. The Morgan fingerprint density at radius 2 is 1.36 bits per heavy atom. The van der Waals surface area contributed by atoms with Crippen molar-refractivity contribution in [2.45, 2.75) is 0 Å². The van der Waals surface area contributed by atoms with Gasteiger partial charge in [0.25, 0.3) is 0 Å². The molecule has 0 saturated heterocycles. The molecular weight excluding hydrogens is 273 g/mol. The molecule has 0 radical (unpaired) electrons. The molecule has 4 rings (SSSR count). The van der Waals surface area contributed by atoms with Crippen LogP contribution >= 0.6 is 0 Å². The molecule has 0 N–H and O–H groups in total. The summed E-state index contributed by atoms with van der Waals surface area (Å²) in [5.41, 5.74) is 1.96. The Balaban J connectivity index is 2.24. The normalized spacial score (nSPS) is 11.2. The van der Waals surface area contributed by atoms with Crippen LogP contribution in [0.15, 0.2) is 72.9 Å². The van der Waals surface area contributed by atoms with Crippen molar-refractivity contribution < 1.29 is 8.96 Å². The monoisotopic (exact) mass is 288 g/mol. The van der Waals surface area contributed by atoms with E-state index in [1.54, 1.807) is 12.3 Å². The lowest BCUT2D eigenvalue weighted by molar-refractivity contribution is -0.660. The Bertz CT molecular complexity index is 951. The molecular formula is C20H15FN+. The molecule has 0 saturated carbocycles. The highest BCUT2D eigenvalue weighted by Gasteiger charge is 2.17. The van der Waals surface area contributed by atoms with E-state index in [9.17, 15) is 4.39 Å². The van der Waals surface area contributed by atoms with Crippen molar-refractivity contribution in [3.05, 3.63) is 78.7 Å². The highest BCUT2D eigenvalue weighted by Crippen LogP contribution is 2.34. The van der Waals surface area contributed by atoms with Crippen molar-refractivity contribution in [3.8, 4) is 11.3 Å². The fraction of sp³-hybridized carbons (Fsp3) is 0.0500. The van der Waals surface area contributed by atoms with E-state index in [4.69, 9.17) is 0 Å². The van der Waals surface area contributed by atoms with Gasteiger partial charge in [0.2, 0.25) is 5.69 Å². The van der Waals surface area contributed by atoms with E-state index in [0.29, 0.717) is 0 Å². The van der Waals surface area contributed by atoms with Crippen LogP contribution in [0.25, 0.3) is 32.8 Å². The van der Waals surface area contributed by atoms with Crippen molar-refractivity contribution in [2.24, 2.45) is 7.05 Å².